The standard InChI is InChI=1S/C24H25N3O2S/c1-16(21-14-17-8-2-4-11-20(17)29-21)25-23(28)15-27-13-7-6-10-19(27)24-26-18-9-3-5-12-22(18)30-24/h2-5,8-9,11-12,14,16,19H,6-7,10,13,15H2,1H3,(H,25,28)/t16-,19-/m1/s1. The van der Waals surface area contributed by atoms with Gasteiger partial charge < -0.3 is 9.73 Å². The molecule has 1 saturated heterocycles. The first kappa shape index (κ1) is 19.3. The highest BCUT2D eigenvalue weighted by Gasteiger charge is 2.28. The SMILES string of the molecule is C[C@@H](NC(=O)CN1CCCC[C@@H]1c1nc2ccccc2s1)c1cc2ccccc2o1. The number of amides is 1. The Kier molecular flexibility index (Phi) is 5.27. The predicted octanol–water partition coefficient (Wildman–Crippen LogP) is 5.45. The van der Waals surface area contributed by atoms with Gasteiger partial charge >= 0.3 is 0 Å². The number of thiazole rings is 1. The van der Waals surface area contributed by atoms with Crippen LogP contribution >= 0.6 is 11.3 Å². The molecule has 1 aliphatic heterocycles. The summed E-state index contributed by atoms with van der Waals surface area (Å²) in [5.41, 5.74) is 1.89. The molecule has 0 spiro atoms. The molecule has 154 valence electrons. The number of likely N-dealkylation sites (tertiary alicyclic amines) is 1. The first-order valence-electron chi connectivity index (χ1n) is 10.5. The van der Waals surface area contributed by atoms with Crippen LogP contribution in [0.25, 0.3) is 21.2 Å². The average Bonchev–Trinajstić information content (AvgIpc) is 3.38. The Hall–Kier alpha value is -2.70. The van der Waals surface area contributed by atoms with E-state index in [-0.39, 0.29) is 18.0 Å². The van der Waals surface area contributed by atoms with Crippen LogP contribution in [-0.4, -0.2) is 28.9 Å². The number of nitrogens with one attached hydrogen (secondary N) is 1. The molecule has 0 bridgehead atoms. The molecule has 2 aromatic carbocycles. The highest BCUT2D eigenvalue weighted by Crippen LogP contribution is 2.35. The second kappa shape index (κ2) is 8.20. The lowest BCUT2D eigenvalue weighted by atomic mass is 10.0. The van der Waals surface area contributed by atoms with Crippen LogP contribution in [0.3, 0.4) is 0 Å². The molecule has 4 aromatic rings. The highest BCUT2D eigenvalue weighted by molar-refractivity contribution is 7.18. The number of carbonyl (C=O) groups is 1. The molecular weight excluding hydrogens is 394 g/mol. The van der Waals surface area contributed by atoms with Gasteiger partial charge in [-0.2, -0.15) is 0 Å². The molecule has 2 aromatic heterocycles. The molecular formula is C24H25N3O2S. The quantitative estimate of drug-likeness (QED) is 0.467. The third kappa shape index (κ3) is 3.85. The van der Waals surface area contributed by atoms with Gasteiger partial charge in [-0.05, 0) is 50.6 Å². The van der Waals surface area contributed by atoms with Crippen molar-refractivity contribution in [2.24, 2.45) is 0 Å². The molecule has 0 saturated carbocycles. The summed E-state index contributed by atoms with van der Waals surface area (Å²) in [5.74, 6) is 0.807. The highest BCUT2D eigenvalue weighted by atomic mass is 32.1. The molecule has 0 unspecified atom stereocenters. The number of hydrogen-bond acceptors (Lipinski definition) is 5. The number of carbonyl (C=O) groups excluding carboxylic acids is 1. The van der Waals surface area contributed by atoms with E-state index in [9.17, 15) is 4.79 Å². The smallest absolute Gasteiger partial charge is 0.234 e. The molecule has 0 radical (unpaired) electrons. The van der Waals surface area contributed by atoms with E-state index >= 15 is 0 Å². The fraction of sp³-hybridized carbons (Fsp3) is 0.333. The Morgan fingerprint density at radius 1 is 1.23 bits per heavy atom. The Labute approximate surface area is 179 Å². The summed E-state index contributed by atoms with van der Waals surface area (Å²) in [6.45, 7) is 3.27. The van der Waals surface area contributed by atoms with Crippen LogP contribution in [0, 0.1) is 0 Å². The van der Waals surface area contributed by atoms with E-state index in [0.29, 0.717) is 6.54 Å². The fourth-order valence-electron chi connectivity index (χ4n) is 4.25. The molecule has 1 fully saturated rings. The van der Waals surface area contributed by atoms with E-state index in [4.69, 9.17) is 9.40 Å². The van der Waals surface area contributed by atoms with Crippen molar-refractivity contribution in [3.8, 4) is 0 Å². The predicted molar refractivity (Wildman–Crippen MR) is 121 cm³/mol. The normalized spacial score (nSPS) is 18.6. The Bertz CT molecular complexity index is 1120. The van der Waals surface area contributed by atoms with Crippen molar-refractivity contribution in [3.05, 3.63) is 65.4 Å². The van der Waals surface area contributed by atoms with Crippen LogP contribution in [0.15, 0.2) is 59.0 Å². The van der Waals surface area contributed by atoms with Gasteiger partial charge in [-0.3, -0.25) is 9.69 Å². The molecule has 5 rings (SSSR count). The number of piperidine rings is 1. The maximum atomic E-state index is 12.8. The van der Waals surface area contributed by atoms with Crippen LogP contribution in [0.5, 0.6) is 0 Å². The van der Waals surface area contributed by atoms with Crippen LogP contribution < -0.4 is 5.32 Å². The maximum absolute atomic E-state index is 12.8. The maximum Gasteiger partial charge on any atom is 0.234 e. The average molecular weight is 420 g/mol. The van der Waals surface area contributed by atoms with Crippen LogP contribution in [-0.2, 0) is 4.79 Å². The van der Waals surface area contributed by atoms with E-state index in [1.54, 1.807) is 11.3 Å². The minimum atomic E-state index is -0.171. The zero-order chi connectivity index (χ0) is 20.5. The number of nitrogens with zero attached hydrogens (tertiary/aromatic N) is 2. The summed E-state index contributed by atoms with van der Waals surface area (Å²) in [4.78, 5) is 20.0. The molecule has 30 heavy (non-hydrogen) atoms. The number of rotatable bonds is 5. The monoisotopic (exact) mass is 419 g/mol. The van der Waals surface area contributed by atoms with Crippen LogP contribution in [0.2, 0.25) is 0 Å². The van der Waals surface area contributed by atoms with Gasteiger partial charge in [-0.1, -0.05) is 36.8 Å². The molecule has 2 atom stereocenters. The molecule has 1 aliphatic rings. The van der Waals surface area contributed by atoms with Crippen molar-refractivity contribution in [1.29, 1.82) is 0 Å². The van der Waals surface area contributed by atoms with E-state index in [1.165, 1.54) is 11.1 Å². The zero-order valence-electron chi connectivity index (χ0n) is 17.0. The first-order valence-corrected chi connectivity index (χ1v) is 11.4. The van der Waals surface area contributed by atoms with Crippen molar-refractivity contribution in [1.82, 2.24) is 15.2 Å². The number of para-hydroxylation sites is 2. The minimum Gasteiger partial charge on any atom is -0.459 e. The van der Waals surface area contributed by atoms with E-state index in [2.05, 4.69) is 28.4 Å². The lowest BCUT2D eigenvalue weighted by molar-refractivity contribution is -0.124. The van der Waals surface area contributed by atoms with Gasteiger partial charge in [-0.15, -0.1) is 11.3 Å². The van der Waals surface area contributed by atoms with Crippen LogP contribution in [0.4, 0.5) is 0 Å². The first-order chi connectivity index (χ1) is 14.7. The van der Waals surface area contributed by atoms with Gasteiger partial charge in [0.05, 0.1) is 28.8 Å². The molecule has 1 amide bonds. The molecule has 0 aliphatic carbocycles. The minimum absolute atomic E-state index is 0.0240. The molecule has 3 heterocycles. The fourth-order valence-corrected chi connectivity index (χ4v) is 5.39. The van der Waals surface area contributed by atoms with Gasteiger partial charge in [0.25, 0.3) is 0 Å². The van der Waals surface area contributed by atoms with Crippen molar-refractivity contribution < 1.29 is 9.21 Å². The van der Waals surface area contributed by atoms with Gasteiger partial charge in [0.15, 0.2) is 0 Å². The van der Waals surface area contributed by atoms with Crippen molar-refractivity contribution >= 4 is 38.4 Å². The van der Waals surface area contributed by atoms with Crippen molar-refractivity contribution in [2.45, 2.75) is 38.3 Å². The largest absolute Gasteiger partial charge is 0.459 e. The molecule has 1 N–H and O–H groups in total. The second-order valence-electron chi connectivity index (χ2n) is 7.98. The molecule has 6 heteroatoms. The summed E-state index contributed by atoms with van der Waals surface area (Å²) < 4.78 is 7.12. The third-order valence-electron chi connectivity index (χ3n) is 5.80. The summed E-state index contributed by atoms with van der Waals surface area (Å²) in [5, 5.41) is 5.29. The number of hydrogen-bond donors (Lipinski definition) is 1. The number of fused-ring (bicyclic) bond motifs is 2. The van der Waals surface area contributed by atoms with Gasteiger partial charge in [0, 0.05) is 5.39 Å². The summed E-state index contributed by atoms with van der Waals surface area (Å²) in [7, 11) is 0. The number of benzene rings is 2. The number of aromatic nitrogens is 1. The summed E-state index contributed by atoms with van der Waals surface area (Å²) >= 11 is 1.75. The summed E-state index contributed by atoms with van der Waals surface area (Å²) in [6.07, 6.45) is 3.34. The number of furan rings is 1. The van der Waals surface area contributed by atoms with E-state index < -0.39 is 0 Å². The topological polar surface area (TPSA) is 58.4 Å². The van der Waals surface area contributed by atoms with Gasteiger partial charge in [-0.25, -0.2) is 4.98 Å². The Balaban J connectivity index is 1.28. The van der Waals surface area contributed by atoms with Crippen molar-refractivity contribution in [3.63, 3.8) is 0 Å². The zero-order valence-corrected chi connectivity index (χ0v) is 17.8. The second-order valence-corrected chi connectivity index (χ2v) is 9.04. The Morgan fingerprint density at radius 2 is 2.07 bits per heavy atom. The van der Waals surface area contributed by atoms with E-state index in [0.717, 1.165) is 46.6 Å². The third-order valence-corrected chi connectivity index (χ3v) is 6.94. The van der Waals surface area contributed by atoms with Gasteiger partial charge in [0.2, 0.25) is 5.91 Å². The van der Waals surface area contributed by atoms with Crippen molar-refractivity contribution in [2.75, 3.05) is 13.1 Å². The van der Waals surface area contributed by atoms with Crippen LogP contribution in [0.1, 0.15) is 49.0 Å². The van der Waals surface area contributed by atoms with E-state index in [1.807, 2.05) is 43.3 Å². The lowest BCUT2D eigenvalue weighted by Crippen LogP contribution is -2.42. The van der Waals surface area contributed by atoms with Gasteiger partial charge in [0.1, 0.15) is 16.4 Å². The summed E-state index contributed by atoms with van der Waals surface area (Å²) in [6, 6.07) is 18.2. The lowest BCUT2D eigenvalue weighted by Gasteiger charge is -2.34. The Morgan fingerprint density at radius 3 is 2.93 bits per heavy atom. The molecule has 5 nitrogen and oxygen atoms in total.